The molecule has 79 heavy (non-hydrogen) atoms. The van der Waals surface area contributed by atoms with E-state index in [0.29, 0.717) is 12.0 Å². The van der Waals surface area contributed by atoms with E-state index in [4.69, 9.17) is 24.7 Å². The summed E-state index contributed by atoms with van der Waals surface area (Å²) < 4.78 is 23.7. The fraction of sp³-hybridized carbons (Fsp3) is 0.593. The number of rotatable bonds is 10. The number of aliphatic carboxylic acids is 1. The number of hydrogen-bond acceptors (Lipinski definition) is 19. The highest BCUT2D eigenvalue weighted by Gasteiger charge is 2.51. The lowest BCUT2D eigenvalue weighted by Crippen LogP contribution is -2.61. The molecule has 19 atom stereocenters. The molecule has 1 aromatic carbocycles. The van der Waals surface area contributed by atoms with E-state index in [1.807, 2.05) is 39.0 Å². The van der Waals surface area contributed by atoms with E-state index in [2.05, 4.69) is 0 Å². The largest absolute Gasteiger partial charge is 0.481 e. The number of allylic oxidation sites excluding steroid dienone is 12. The Kier molecular flexibility index (Phi) is 28.0. The zero-order valence-corrected chi connectivity index (χ0v) is 45.5. The number of aliphatic hydroxyl groups is 10. The van der Waals surface area contributed by atoms with Gasteiger partial charge in [0.1, 0.15) is 23.9 Å². The zero-order valence-electron chi connectivity index (χ0n) is 45.5. The number of ketones is 2. The predicted molar refractivity (Wildman–Crippen MR) is 290 cm³/mol. The number of carboxylic acid groups (broad SMARTS) is 1. The smallest absolute Gasteiger partial charge is 0.311 e. The summed E-state index contributed by atoms with van der Waals surface area (Å²) in [5.41, 5.74) is 7.54. The average molecular weight is 1110 g/mol. The van der Waals surface area contributed by atoms with Gasteiger partial charge in [0.15, 0.2) is 17.9 Å². The van der Waals surface area contributed by atoms with Crippen molar-refractivity contribution in [1.29, 1.82) is 0 Å². The molecule has 2 fully saturated rings. The molecule has 3 aliphatic rings. The second-order valence-electron chi connectivity index (χ2n) is 21.5. The highest BCUT2D eigenvalue weighted by molar-refractivity contribution is 5.96. The van der Waals surface area contributed by atoms with E-state index < -0.39 is 172 Å². The van der Waals surface area contributed by atoms with Crippen LogP contribution >= 0.6 is 0 Å². The average Bonchev–Trinajstić information content (AvgIpc) is 3.39. The Balaban J connectivity index is 1.54. The summed E-state index contributed by atoms with van der Waals surface area (Å²) >= 11 is 0. The molecule has 3 unspecified atom stereocenters. The number of nitrogens with two attached hydrogens (primary N) is 1. The van der Waals surface area contributed by atoms with Crippen molar-refractivity contribution in [3.63, 3.8) is 0 Å². The molecule has 20 nitrogen and oxygen atoms in total. The maximum Gasteiger partial charge on any atom is 0.311 e. The molecule has 2 saturated heterocycles. The number of benzene rings is 1. The minimum Gasteiger partial charge on any atom is -0.481 e. The third-order valence-electron chi connectivity index (χ3n) is 14.2. The molecule has 0 amide bonds. The van der Waals surface area contributed by atoms with Crippen molar-refractivity contribution in [2.75, 3.05) is 0 Å². The van der Waals surface area contributed by atoms with Crippen LogP contribution in [0.3, 0.4) is 0 Å². The molecular formula is C59H85NO19. The van der Waals surface area contributed by atoms with Crippen molar-refractivity contribution in [3.05, 3.63) is 120 Å². The number of carbonyl (C=O) groups excluding carboxylic acids is 3. The highest BCUT2D eigenvalue weighted by atomic mass is 16.7. The van der Waals surface area contributed by atoms with Gasteiger partial charge in [0, 0.05) is 50.0 Å². The lowest BCUT2D eigenvalue weighted by molar-refractivity contribution is -0.308. The van der Waals surface area contributed by atoms with Gasteiger partial charge in [-0.1, -0.05) is 129 Å². The van der Waals surface area contributed by atoms with Crippen LogP contribution in [0, 0.1) is 24.7 Å². The molecule has 1 aromatic rings. The monoisotopic (exact) mass is 1110 g/mol. The highest BCUT2D eigenvalue weighted by Crippen LogP contribution is 2.38. The number of carbonyl (C=O) groups is 4. The first-order chi connectivity index (χ1) is 37.3. The lowest BCUT2D eigenvalue weighted by Gasteiger charge is -2.45. The fourth-order valence-electron chi connectivity index (χ4n) is 9.97. The van der Waals surface area contributed by atoms with Crippen LogP contribution in [-0.2, 0) is 33.3 Å². The third kappa shape index (κ3) is 23.3. The summed E-state index contributed by atoms with van der Waals surface area (Å²) in [4.78, 5) is 51.6. The van der Waals surface area contributed by atoms with Gasteiger partial charge in [-0.2, -0.15) is 0 Å². The zero-order chi connectivity index (χ0) is 58.4. The summed E-state index contributed by atoms with van der Waals surface area (Å²) in [5, 5.41) is 119. The van der Waals surface area contributed by atoms with Crippen LogP contribution in [0.2, 0.25) is 0 Å². The molecule has 13 N–H and O–H groups in total. The van der Waals surface area contributed by atoms with Gasteiger partial charge in [-0.25, -0.2) is 0 Å². The summed E-state index contributed by atoms with van der Waals surface area (Å²) in [6, 6.07) is 5.91. The summed E-state index contributed by atoms with van der Waals surface area (Å²) in [5.74, 6) is -7.70. The van der Waals surface area contributed by atoms with Gasteiger partial charge in [0.2, 0.25) is 0 Å². The van der Waals surface area contributed by atoms with Crippen LogP contribution in [0.15, 0.2) is 109 Å². The summed E-state index contributed by atoms with van der Waals surface area (Å²) in [6.45, 7) is 7.13. The molecular weight excluding hydrogens is 1030 g/mol. The number of ether oxygens (including phenoxy) is 4. The van der Waals surface area contributed by atoms with E-state index in [0.717, 1.165) is 5.56 Å². The van der Waals surface area contributed by atoms with E-state index in [1.165, 1.54) is 13.0 Å². The van der Waals surface area contributed by atoms with Crippen molar-refractivity contribution >= 4 is 23.5 Å². The number of esters is 1. The second-order valence-corrected chi connectivity index (χ2v) is 21.5. The van der Waals surface area contributed by atoms with Crippen LogP contribution in [0.4, 0.5) is 0 Å². The number of aryl methyl sites for hydroxylation is 1. The van der Waals surface area contributed by atoms with Crippen molar-refractivity contribution < 1.29 is 94.3 Å². The van der Waals surface area contributed by atoms with Gasteiger partial charge in [-0.3, -0.25) is 19.2 Å². The number of carboxylic acids is 1. The third-order valence-corrected chi connectivity index (χ3v) is 14.2. The Morgan fingerprint density at radius 3 is 1.85 bits per heavy atom. The van der Waals surface area contributed by atoms with Crippen LogP contribution in [0.5, 0.6) is 0 Å². The summed E-state index contributed by atoms with van der Waals surface area (Å²) in [7, 11) is 0. The quantitative estimate of drug-likeness (QED) is 0.118. The van der Waals surface area contributed by atoms with E-state index in [9.17, 15) is 75.3 Å². The van der Waals surface area contributed by atoms with Crippen molar-refractivity contribution in [2.45, 2.75) is 202 Å². The summed E-state index contributed by atoms with van der Waals surface area (Å²) in [6.07, 6.45) is 1.98. The first kappa shape index (κ1) is 66.6. The first-order valence-corrected chi connectivity index (χ1v) is 27.2. The normalized spacial score (nSPS) is 38.4. The number of Topliss-reactive ketones (excluding diaryl/α,β-unsaturated/α-hetero) is 2. The molecule has 4 rings (SSSR count). The van der Waals surface area contributed by atoms with E-state index >= 15 is 0 Å². The number of cyclic esters (lactones) is 1. The van der Waals surface area contributed by atoms with Crippen molar-refractivity contribution in [2.24, 2.45) is 23.5 Å². The Labute approximate surface area is 462 Å². The molecule has 20 heteroatoms. The number of hydrogen-bond donors (Lipinski definition) is 12. The molecule has 0 spiro atoms. The van der Waals surface area contributed by atoms with Crippen molar-refractivity contribution in [3.8, 4) is 0 Å². The Hall–Kier alpha value is -4.88. The van der Waals surface area contributed by atoms with Crippen LogP contribution in [0.25, 0.3) is 0 Å². The maximum absolute atomic E-state index is 13.3. The van der Waals surface area contributed by atoms with Crippen molar-refractivity contribution in [1.82, 2.24) is 0 Å². The molecule has 440 valence electrons. The lowest BCUT2D eigenvalue weighted by atomic mass is 9.82. The van der Waals surface area contributed by atoms with Gasteiger partial charge >= 0.3 is 11.9 Å². The number of aliphatic hydroxyl groups excluding tert-OH is 9. The molecule has 3 heterocycles. The van der Waals surface area contributed by atoms with Crippen LogP contribution in [0.1, 0.15) is 114 Å². The Morgan fingerprint density at radius 1 is 0.709 bits per heavy atom. The van der Waals surface area contributed by atoms with Gasteiger partial charge in [0.25, 0.3) is 0 Å². The van der Waals surface area contributed by atoms with Crippen LogP contribution in [-0.4, -0.2) is 177 Å². The minimum atomic E-state index is -2.34. The topological polar surface area (TPSA) is 354 Å². The standard InChI is InChI=1S/C59H85NO19/c1-35-19-22-39(23-20-35)48(68)30-40(61)24-21-37(3)56-36(2)17-15-13-11-9-7-5-6-8-10-12-14-16-18-47(77-58-55(72)53(60)54(71)38(4)76-58)32-50-52(57(73)74)49(69)34-59(75,79-50)33-46(67)29-44(65)27-42(63)25-41(62)26-43(64)28-45(66)31-51(70)78-56/h5-20,22-23,36-38,40-42,44-47,49-50,52-56,58,61-63,65-67,69,71-72,75H,21,24-34,60H2,1-4H3,(H,73,74)/b6-5-,9-7-,10-8+,13-11+,14-12+,17-15+,18-16+/t36-,37-,38+,40?,41+,42-,44-,45?,46-,47-,49-,50?,52+,53-,54+,55-,56-,58-,59+/m0/s1. The van der Waals surface area contributed by atoms with Crippen LogP contribution < -0.4 is 5.73 Å². The first-order valence-electron chi connectivity index (χ1n) is 27.2. The predicted octanol–water partition coefficient (Wildman–Crippen LogP) is 3.01. The molecule has 3 aliphatic heterocycles. The SMILES string of the molecule is Cc1ccc(C(=O)CC(O)CC[C@H](C)[C@H]2OC(=O)CC(O)CC(=O)C[C@H](O)C[C@H](O)C[C@H](O)C[C@H](O)C[C@]3(O)C[C@H](O)[C@@H](C(=O)O)C(C[C@@H](O[C@@H]4O[C@H](C)[C@@H](O)[C@H](N)[C@@H]4O)/C=C/C=C/C=C/C=C\C=C/C=C/C=C/[C@@H]2C)O3)cc1. The molecule has 0 aliphatic carbocycles. The van der Waals surface area contributed by atoms with Gasteiger partial charge in [0.05, 0.1) is 79.6 Å². The maximum atomic E-state index is 13.3. The molecule has 0 aromatic heterocycles. The minimum absolute atomic E-state index is 0.0876. The second kappa shape index (κ2) is 33.1. The Morgan fingerprint density at radius 2 is 1.25 bits per heavy atom. The van der Waals surface area contributed by atoms with Gasteiger partial charge in [-0.15, -0.1) is 0 Å². The molecule has 0 radical (unpaired) electrons. The molecule has 0 saturated carbocycles. The molecule has 2 bridgehead atoms. The van der Waals surface area contributed by atoms with Gasteiger partial charge in [-0.05, 0) is 51.9 Å². The van der Waals surface area contributed by atoms with Gasteiger partial charge < -0.3 is 80.9 Å². The Bertz CT molecular complexity index is 2280. The van der Waals surface area contributed by atoms with E-state index in [1.54, 1.807) is 85.0 Å². The van der Waals surface area contributed by atoms with E-state index in [-0.39, 0.29) is 36.9 Å². The fourth-order valence-corrected chi connectivity index (χ4v) is 9.97. The number of fused-ring (bicyclic) bond motifs is 2.